The molecular weight excluding hydrogens is 263 g/mol. The van der Waals surface area contributed by atoms with E-state index in [1.54, 1.807) is 12.3 Å². The highest BCUT2D eigenvalue weighted by Gasteiger charge is 2.13. The molecule has 1 aromatic carbocycles. The minimum absolute atomic E-state index is 0.0731. The Morgan fingerprint density at radius 3 is 2.95 bits per heavy atom. The molecule has 1 unspecified atom stereocenters. The normalized spacial score (nSPS) is 12.6. The molecule has 5 heteroatoms. The van der Waals surface area contributed by atoms with Crippen molar-refractivity contribution in [3.05, 3.63) is 35.1 Å². The summed E-state index contributed by atoms with van der Waals surface area (Å²) in [5.74, 6) is -0.522. The van der Waals surface area contributed by atoms with Gasteiger partial charge in [-0.15, -0.1) is 11.3 Å². The van der Waals surface area contributed by atoms with E-state index in [1.165, 1.54) is 17.4 Å². The summed E-state index contributed by atoms with van der Waals surface area (Å²) in [6.45, 7) is 5.13. The summed E-state index contributed by atoms with van der Waals surface area (Å²) >= 11 is 1.47. The van der Waals surface area contributed by atoms with Crippen LogP contribution in [0, 0.1) is 5.82 Å². The highest BCUT2D eigenvalue weighted by molar-refractivity contribution is 7.15. The molecule has 2 N–H and O–H groups in total. The minimum atomic E-state index is -0.449. The molecule has 0 aliphatic rings. The first kappa shape index (κ1) is 14.0. The van der Waals surface area contributed by atoms with E-state index in [2.05, 4.69) is 24.1 Å². The van der Waals surface area contributed by atoms with Crippen molar-refractivity contribution in [1.82, 2.24) is 10.3 Å². The monoisotopic (exact) mass is 280 g/mol. The lowest BCUT2D eigenvalue weighted by Gasteiger charge is -2.09. The minimum Gasteiger partial charge on any atom is -0.508 e. The fourth-order valence-electron chi connectivity index (χ4n) is 1.75. The fourth-order valence-corrected chi connectivity index (χ4v) is 2.72. The third-order valence-electron chi connectivity index (χ3n) is 2.83. The van der Waals surface area contributed by atoms with Crippen LogP contribution in [0.5, 0.6) is 5.75 Å². The highest BCUT2D eigenvalue weighted by Crippen LogP contribution is 2.31. The van der Waals surface area contributed by atoms with Gasteiger partial charge in [0.25, 0.3) is 0 Å². The number of aromatic hydroxyl groups is 1. The number of benzene rings is 1. The number of hydrogen-bond donors (Lipinski definition) is 2. The van der Waals surface area contributed by atoms with E-state index in [9.17, 15) is 9.50 Å². The summed E-state index contributed by atoms with van der Waals surface area (Å²) < 4.78 is 13.7. The van der Waals surface area contributed by atoms with E-state index >= 15 is 0 Å². The Balaban J connectivity index is 2.20. The predicted molar refractivity (Wildman–Crippen MR) is 75.9 cm³/mol. The third-order valence-corrected chi connectivity index (χ3v) is 4.05. The predicted octanol–water partition coefficient (Wildman–Crippen LogP) is 3.72. The summed E-state index contributed by atoms with van der Waals surface area (Å²) in [5.41, 5.74) is 0.428. The van der Waals surface area contributed by atoms with E-state index in [0.717, 1.165) is 23.9 Å². The highest BCUT2D eigenvalue weighted by atomic mass is 32.1. The van der Waals surface area contributed by atoms with Gasteiger partial charge in [-0.25, -0.2) is 9.37 Å². The average molecular weight is 280 g/mol. The van der Waals surface area contributed by atoms with E-state index < -0.39 is 5.82 Å². The summed E-state index contributed by atoms with van der Waals surface area (Å²) in [5, 5.41) is 13.2. The van der Waals surface area contributed by atoms with Gasteiger partial charge < -0.3 is 10.4 Å². The molecule has 19 heavy (non-hydrogen) atoms. The molecule has 0 bridgehead atoms. The summed E-state index contributed by atoms with van der Waals surface area (Å²) in [6.07, 6.45) is 2.85. The van der Waals surface area contributed by atoms with Crippen LogP contribution in [0.2, 0.25) is 0 Å². The van der Waals surface area contributed by atoms with Crippen LogP contribution in [0.15, 0.2) is 24.4 Å². The first-order chi connectivity index (χ1) is 9.11. The Kier molecular flexibility index (Phi) is 4.50. The zero-order chi connectivity index (χ0) is 13.8. The molecule has 0 aliphatic carbocycles. The molecule has 1 aromatic heterocycles. The Bertz CT molecular complexity index is 556. The number of halogens is 1. The molecule has 2 rings (SSSR count). The van der Waals surface area contributed by atoms with Crippen molar-refractivity contribution in [1.29, 1.82) is 0 Å². The first-order valence-corrected chi connectivity index (χ1v) is 7.11. The van der Waals surface area contributed by atoms with Gasteiger partial charge in [-0.2, -0.15) is 0 Å². The molecule has 1 atom stereocenters. The van der Waals surface area contributed by atoms with Crippen molar-refractivity contribution in [2.75, 3.05) is 6.54 Å². The van der Waals surface area contributed by atoms with E-state index in [4.69, 9.17) is 0 Å². The molecule has 0 radical (unpaired) electrons. The van der Waals surface area contributed by atoms with Crippen molar-refractivity contribution in [3.63, 3.8) is 0 Å². The Morgan fingerprint density at radius 1 is 1.47 bits per heavy atom. The van der Waals surface area contributed by atoms with Gasteiger partial charge in [0.15, 0.2) is 0 Å². The average Bonchev–Trinajstić information content (AvgIpc) is 2.85. The lowest BCUT2D eigenvalue weighted by molar-refractivity contribution is 0.469. The summed E-state index contributed by atoms with van der Waals surface area (Å²) in [6, 6.07) is 4.34. The van der Waals surface area contributed by atoms with Crippen LogP contribution in [0.1, 0.15) is 31.2 Å². The fraction of sp³-hybridized carbons (Fsp3) is 0.357. The zero-order valence-electron chi connectivity index (χ0n) is 11.0. The van der Waals surface area contributed by atoms with Gasteiger partial charge in [-0.3, -0.25) is 0 Å². The van der Waals surface area contributed by atoms with Gasteiger partial charge in [0.2, 0.25) is 0 Å². The second kappa shape index (κ2) is 6.12. The molecule has 102 valence electrons. The molecule has 0 spiro atoms. The summed E-state index contributed by atoms with van der Waals surface area (Å²) in [7, 11) is 0. The van der Waals surface area contributed by atoms with Crippen molar-refractivity contribution in [2.45, 2.75) is 26.3 Å². The molecular formula is C14H17FN2OS. The lowest BCUT2D eigenvalue weighted by Crippen LogP contribution is -2.18. The Morgan fingerprint density at radius 2 is 2.26 bits per heavy atom. The van der Waals surface area contributed by atoms with Gasteiger partial charge in [0, 0.05) is 28.7 Å². The smallest absolute Gasteiger partial charge is 0.137 e. The Labute approximate surface area is 116 Å². The molecule has 0 amide bonds. The molecule has 0 saturated heterocycles. The maximum absolute atomic E-state index is 13.7. The van der Waals surface area contributed by atoms with Crippen molar-refractivity contribution < 1.29 is 9.50 Å². The number of nitrogens with one attached hydrogen (secondary N) is 1. The van der Waals surface area contributed by atoms with Crippen LogP contribution in [0.25, 0.3) is 10.6 Å². The number of nitrogens with zero attached hydrogens (tertiary/aromatic N) is 1. The van der Waals surface area contributed by atoms with Gasteiger partial charge in [0.1, 0.15) is 16.6 Å². The largest absolute Gasteiger partial charge is 0.508 e. The SMILES string of the molecule is CCCNC(C)c1cnc(-c2ccc(O)cc2F)s1. The maximum atomic E-state index is 13.7. The van der Waals surface area contributed by atoms with Crippen LogP contribution < -0.4 is 5.32 Å². The van der Waals surface area contributed by atoms with Crippen LogP contribution >= 0.6 is 11.3 Å². The van der Waals surface area contributed by atoms with E-state index in [-0.39, 0.29) is 11.8 Å². The number of aromatic nitrogens is 1. The lowest BCUT2D eigenvalue weighted by atomic mass is 10.2. The number of thiazole rings is 1. The van der Waals surface area contributed by atoms with E-state index in [1.807, 2.05) is 0 Å². The van der Waals surface area contributed by atoms with Crippen LogP contribution in [0.4, 0.5) is 4.39 Å². The number of rotatable bonds is 5. The van der Waals surface area contributed by atoms with Crippen molar-refractivity contribution >= 4 is 11.3 Å². The number of hydrogen-bond acceptors (Lipinski definition) is 4. The standard InChI is InChI=1S/C14H17FN2OS/c1-3-6-16-9(2)13-8-17-14(19-13)11-5-4-10(18)7-12(11)15/h4-5,7-9,16,18H,3,6H2,1-2H3. The van der Waals surface area contributed by atoms with Gasteiger partial charge in [0.05, 0.1) is 0 Å². The van der Waals surface area contributed by atoms with Crippen molar-refractivity contribution in [2.24, 2.45) is 0 Å². The summed E-state index contributed by atoms with van der Waals surface area (Å²) in [4.78, 5) is 5.34. The molecule has 0 aliphatic heterocycles. The molecule has 0 saturated carbocycles. The van der Waals surface area contributed by atoms with Crippen LogP contribution in [-0.4, -0.2) is 16.6 Å². The van der Waals surface area contributed by atoms with Gasteiger partial charge >= 0.3 is 0 Å². The quantitative estimate of drug-likeness (QED) is 0.877. The maximum Gasteiger partial charge on any atom is 0.137 e. The van der Waals surface area contributed by atoms with E-state index in [0.29, 0.717) is 10.6 Å². The second-order valence-electron chi connectivity index (χ2n) is 4.41. The number of phenols is 1. The Hall–Kier alpha value is -1.46. The number of phenolic OH excluding ortho intramolecular Hbond substituents is 1. The van der Waals surface area contributed by atoms with Crippen LogP contribution in [-0.2, 0) is 0 Å². The third kappa shape index (κ3) is 3.30. The van der Waals surface area contributed by atoms with Crippen LogP contribution in [0.3, 0.4) is 0 Å². The molecule has 3 nitrogen and oxygen atoms in total. The molecule has 1 heterocycles. The zero-order valence-corrected chi connectivity index (χ0v) is 11.8. The topological polar surface area (TPSA) is 45.2 Å². The first-order valence-electron chi connectivity index (χ1n) is 6.29. The molecule has 2 aromatic rings. The second-order valence-corrected chi connectivity index (χ2v) is 5.47. The molecule has 0 fully saturated rings. The van der Waals surface area contributed by atoms with Crippen molar-refractivity contribution in [3.8, 4) is 16.3 Å². The van der Waals surface area contributed by atoms with Gasteiger partial charge in [-0.1, -0.05) is 6.92 Å². The van der Waals surface area contributed by atoms with Gasteiger partial charge in [-0.05, 0) is 32.0 Å².